The molecule has 0 spiro atoms. The van der Waals surface area contributed by atoms with E-state index in [2.05, 4.69) is 51.8 Å². The Hall–Kier alpha value is -1.91. The predicted octanol–water partition coefficient (Wildman–Crippen LogP) is 7.49. The zero-order chi connectivity index (χ0) is 33.9. The molecule has 0 bridgehead atoms. The zero-order valence-corrected chi connectivity index (χ0v) is 30.8. The van der Waals surface area contributed by atoms with Crippen molar-refractivity contribution in [2.24, 2.45) is 11.8 Å². The molecule has 2 unspecified atom stereocenters. The van der Waals surface area contributed by atoms with Gasteiger partial charge in [-0.15, -0.1) is 5.92 Å². The van der Waals surface area contributed by atoms with Crippen molar-refractivity contribution >= 4 is 18.4 Å². The molecule has 1 aliphatic carbocycles. The second-order valence-corrected chi connectivity index (χ2v) is 20.6. The van der Waals surface area contributed by atoms with Gasteiger partial charge in [0.15, 0.2) is 20.9 Å². The Balaban J connectivity index is 1.67. The van der Waals surface area contributed by atoms with Crippen LogP contribution in [0.25, 0.3) is 0 Å². The average Bonchev–Trinajstić information content (AvgIpc) is 3.34. The van der Waals surface area contributed by atoms with Crippen LogP contribution in [-0.2, 0) is 33.5 Å². The SMILES string of the molecule is CC(C)(C)[Si](C)(C)O[C@@H]1C[C@@H](OC2CCCCO2)[C@@H](/C(=C\CCOc2ccccc2)OC2CCCCO2)[C@@H]1CCC#CCS(=O)(=O)O. The van der Waals surface area contributed by atoms with Crippen LogP contribution in [0.1, 0.15) is 85.0 Å². The van der Waals surface area contributed by atoms with E-state index in [1.807, 2.05) is 30.3 Å². The minimum atomic E-state index is -4.16. The van der Waals surface area contributed by atoms with Gasteiger partial charge in [-0.2, -0.15) is 8.42 Å². The van der Waals surface area contributed by atoms with E-state index < -0.39 is 24.2 Å². The van der Waals surface area contributed by atoms with Crippen molar-refractivity contribution in [1.29, 1.82) is 0 Å². The highest BCUT2D eigenvalue weighted by Gasteiger charge is 2.51. The van der Waals surface area contributed by atoms with Crippen molar-refractivity contribution in [3.8, 4) is 17.6 Å². The molecule has 0 radical (unpaired) electrons. The fraction of sp³-hybridized carbons (Fsp3) is 0.722. The summed E-state index contributed by atoms with van der Waals surface area (Å²) in [6.45, 7) is 13.1. The molecule has 2 heterocycles. The monoisotopic (exact) mass is 692 g/mol. The van der Waals surface area contributed by atoms with E-state index in [1.54, 1.807) is 0 Å². The van der Waals surface area contributed by atoms with E-state index in [1.165, 1.54) is 0 Å². The van der Waals surface area contributed by atoms with E-state index in [-0.39, 0.29) is 41.7 Å². The first-order valence-electron chi connectivity index (χ1n) is 17.3. The summed E-state index contributed by atoms with van der Waals surface area (Å²) in [6.07, 6.45) is 9.42. The largest absolute Gasteiger partial charge is 0.493 e. The Morgan fingerprint density at radius 3 is 2.30 bits per heavy atom. The fourth-order valence-corrected chi connectivity index (χ4v) is 7.91. The summed E-state index contributed by atoms with van der Waals surface area (Å²) in [4.78, 5) is 0. The molecule has 6 atom stereocenters. The average molecular weight is 693 g/mol. The molecule has 1 saturated carbocycles. The fourth-order valence-electron chi connectivity index (χ4n) is 6.24. The lowest BCUT2D eigenvalue weighted by Gasteiger charge is -2.40. The molecule has 1 N–H and O–H groups in total. The molecule has 3 fully saturated rings. The minimum absolute atomic E-state index is 0.00759. The highest BCUT2D eigenvalue weighted by molar-refractivity contribution is 7.86. The first-order valence-corrected chi connectivity index (χ1v) is 21.9. The van der Waals surface area contributed by atoms with E-state index in [0.717, 1.165) is 50.0 Å². The van der Waals surface area contributed by atoms with Crippen molar-refractivity contribution < 1.29 is 41.1 Å². The van der Waals surface area contributed by atoms with Crippen LogP contribution in [-0.4, -0.2) is 71.6 Å². The summed E-state index contributed by atoms with van der Waals surface area (Å²) >= 11 is 0. The Bertz CT molecular complexity index is 1290. The molecule has 3 aliphatic rings. The molecule has 11 heteroatoms. The van der Waals surface area contributed by atoms with Crippen molar-refractivity contribution in [3.63, 3.8) is 0 Å². The standard InChI is InChI=1S/C36H56O9SSi/c1-36(2,3)47(4,5)45-31-27-32(44-34-22-12-14-24-42-34)35(29(31)19-10-7-15-26-46(37,38)39)30(43-33-21-11-13-23-41-33)20-16-25-40-28-17-8-6-9-18-28/h6,8-9,17-18,20,29,31-35H,10-14,16,19,21-27H2,1-5H3,(H,37,38,39)/b30-20+/t29-,31-,32-,33?,34?,35-/m1/s1. The van der Waals surface area contributed by atoms with Crippen LogP contribution in [0.5, 0.6) is 5.75 Å². The summed E-state index contributed by atoms with van der Waals surface area (Å²) in [5, 5.41) is 0.00759. The Kier molecular flexibility index (Phi) is 14.2. The highest BCUT2D eigenvalue weighted by Crippen LogP contribution is 2.48. The van der Waals surface area contributed by atoms with Gasteiger partial charge in [0.25, 0.3) is 10.1 Å². The summed E-state index contributed by atoms with van der Waals surface area (Å²) in [7, 11) is -6.34. The molecular weight excluding hydrogens is 637 g/mol. The number of hydrogen-bond donors (Lipinski definition) is 1. The normalized spacial score (nSPS) is 27.6. The van der Waals surface area contributed by atoms with Crippen LogP contribution in [0.2, 0.25) is 18.1 Å². The van der Waals surface area contributed by atoms with E-state index >= 15 is 0 Å². The molecule has 264 valence electrons. The van der Waals surface area contributed by atoms with Crippen molar-refractivity contribution in [2.75, 3.05) is 25.6 Å². The third-order valence-corrected chi connectivity index (χ3v) is 14.7. The van der Waals surface area contributed by atoms with Crippen LogP contribution < -0.4 is 4.74 Å². The maximum Gasteiger partial charge on any atom is 0.276 e. The van der Waals surface area contributed by atoms with E-state index in [0.29, 0.717) is 45.5 Å². The molecule has 0 amide bonds. The van der Waals surface area contributed by atoms with Gasteiger partial charge < -0.3 is 28.1 Å². The van der Waals surface area contributed by atoms with Gasteiger partial charge in [0.05, 0.1) is 25.4 Å². The third kappa shape index (κ3) is 12.2. The van der Waals surface area contributed by atoms with Crippen LogP contribution in [0.3, 0.4) is 0 Å². The molecule has 1 aromatic carbocycles. The van der Waals surface area contributed by atoms with Crippen LogP contribution in [0, 0.1) is 23.7 Å². The molecule has 2 saturated heterocycles. The maximum absolute atomic E-state index is 11.3. The van der Waals surface area contributed by atoms with Gasteiger partial charge in [-0.1, -0.05) is 44.9 Å². The van der Waals surface area contributed by atoms with Gasteiger partial charge in [0.2, 0.25) is 0 Å². The molecule has 0 aromatic heterocycles. The quantitative estimate of drug-likeness (QED) is 0.0697. The minimum Gasteiger partial charge on any atom is -0.493 e. The summed E-state index contributed by atoms with van der Waals surface area (Å²) in [5.74, 6) is 6.52. The van der Waals surface area contributed by atoms with Crippen molar-refractivity contribution in [3.05, 3.63) is 42.2 Å². The predicted molar refractivity (Wildman–Crippen MR) is 185 cm³/mol. The lowest BCUT2D eigenvalue weighted by atomic mass is 9.87. The molecule has 4 rings (SSSR count). The number of benzene rings is 1. The number of hydrogen-bond acceptors (Lipinski definition) is 8. The summed E-state index contributed by atoms with van der Waals surface area (Å²) < 4.78 is 70.7. The molecule has 1 aromatic rings. The first-order chi connectivity index (χ1) is 22.3. The van der Waals surface area contributed by atoms with E-state index in [9.17, 15) is 13.0 Å². The second kappa shape index (κ2) is 17.7. The zero-order valence-electron chi connectivity index (χ0n) is 28.9. The Labute approximate surface area is 283 Å². The van der Waals surface area contributed by atoms with Gasteiger partial charge in [0, 0.05) is 31.8 Å². The first kappa shape index (κ1) is 37.9. The summed E-state index contributed by atoms with van der Waals surface area (Å²) in [6, 6.07) is 9.78. The lowest BCUT2D eigenvalue weighted by Crippen LogP contribution is -2.45. The molecule has 47 heavy (non-hydrogen) atoms. The van der Waals surface area contributed by atoms with Crippen molar-refractivity contribution in [1.82, 2.24) is 0 Å². The van der Waals surface area contributed by atoms with Crippen LogP contribution in [0.4, 0.5) is 0 Å². The van der Waals surface area contributed by atoms with Gasteiger partial charge >= 0.3 is 0 Å². The second-order valence-electron chi connectivity index (χ2n) is 14.4. The van der Waals surface area contributed by atoms with Crippen LogP contribution >= 0.6 is 0 Å². The van der Waals surface area contributed by atoms with E-state index in [4.69, 9.17) is 28.1 Å². The maximum atomic E-state index is 11.3. The number of ether oxygens (including phenoxy) is 5. The van der Waals surface area contributed by atoms with Gasteiger partial charge in [0.1, 0.15) is 17.3 Å². The smallest absolute Gasteiger partial charge is 0.276 e. The summed E-state index contributed by atoms with van der Waals surface area (Å²) in [5.41, 5.74) is 0. The Morgan fingerprint density at radius 2 is 1.68 bits per heavy atom. The lowest BCUT2D eigenvalue weighted by molar-refractivity contribution is -0.201. The van der Waals surface area contributed by atoms with Crippen LogP contribution in [0.15, 0.2) is 42.2 Å². The number of para-hydroxylation sites is 1. The molecule has 9 nitrogen and oxygen atoms in total. The molecular formula is C36H56O9SSi. The molecule has 2 aliphatic heterocycles. The number of rotatable bonds is 14. The highest BCUT2D eigenvalue weighted by atomic mass is 32.2. The Morgan fingerprint density at radius 1 is 1.00 bits per heavy atom. The van der Waals surface area contributed by atoms with Gasteiger partial charge in [-0.05, 0) is 87.2 Å². The third-order valence-electron chi connectivity index (χ3n) is 9.71. The van der Waals surface area contributed by atoms with Crippen molar-refractivity contribution in [2.45, 2.75) is 128 Å². The van der Waals surface area contributed by atoms with Gasteiger partial charge in [-0.3, -0.25) is 4.55 Å². The van der Waals surface area contributed by atoms with Gasteiger partial charge in [-0.25, -0.2) is 0 Å². The topological polar surface area (TPSA) is 110 Å².